The van der Waals surface area contributed by atoms with Gasteiger partial charge >= 0.3 is 0 Å². The largest absolute Gasteiger partial charge is 0.392 e. The topological polar surface area (TPSA) is 70.3 Å². The van der Waals surface area contributed by atoms with Crippen LogP contribution in [0.2, 0.25) is 0 Å². The third kappa shape index (κ3) is 8.72. The molecule has 0 aromatic heterocycles. The van der Waals surface area contributed by atoms with Gasteiger partial charge in [0, 0.05) is 6.54 Å². The Morgan fingerprint density at radius 2 is 1.68 bits per heavy atom. The third-order valence-electron chi connectivity index (χ3n) is 2.77. The van der Waals surface area contributed by atoms with Crippen LogP contribution in [0.5, 0.6) is 0 Å². The Hall–Kier alpha value is -0.940. The van der Waals surface area contributed by atoms with E-state index in [9.17, 15) is 0 Å². The highest BCUT2D eigenvalue weighted by atomic mass is 16.3. The Labute approximate surface area is 117 Å². The Morgan fingerprint density at radius 1 is 1.00 bits per heavy atom. The fourth-order valence-corrected chi connectivity index (χ4v) is 1.76. The van der Waals surface area contributed by atoms with Gasteiger partial charge in [-0.25, -0.2) is 0 Å². The van der Waals surface area contributed by atoms with Gasteiger partial charge in [0.2, 0.25) is 0 Å². The number of benzene rings is 1. The Morgan fingerprint density at radius 3 is 2.42 bits per heavy atom. The van der Waals surface area contributed by atoms with E-state index >= 15 is 0 Å². The van der Waals surface area contributed by atoms with E-state index in [1.54, 1.807) is 0 Å². The lowest BCUT2D eigenvalue weighted by Crippen LogP contribution is -2.23. The zero-order chi connectivity index (χ0) is 13.1. The average molecular weight is 267 g/mol. The lowest BCUT2D eigenvalue weighted by molar-refractivity contribution is 0.281. The second-order valence-corrected chi connectivity index (χ2v) is 4.40. The van der Waals surface area contributed by atoms with Crippen molar-refractivity contribution in [3.05, 3.63) is 35.4 Å². The van der Waals surface area contributed by atoms with Crippen molar-refractivity contribution < 1.29 is 5.11 Å². The van der Waals surface area contributed by atoms with Crippen molar-refractivity contribution in [2.24, 2.45) is 5.73 Å². The first-order chi connectivity index (χ1) is 8.86. The van der Waals surface area contributed by atoms with Crippen LogP contribution in [0, 0.1) is 0 Å². The minimum atomic E-state index is 0. The zero-order valence-electron chi connectivity index (χ0n) is 11.0. The zero-order valence-corrected chi connectivity index (χ0v) is 11.0. The van der Waals surface area contributed by atoms with Gasteiger partial charge in [-0.2, -0.15) is 0 Å². The maximum atomic E-state index is 9.04. The highest BCUT2D eigenvalue weighted by Gasteiger charge is 1.95. The summed E-state index contributed by atoms with van der Waals surface area (Å²) in [5.41, 5.74) is 7.60. The van der Waals surface area contributed by atoms with Crippen LogP contribution in [0.25, 0.3) is 0 Å². The van der Waals surface area contributed by atoms with Gasteiger partial charge in [-0.1, -0.05) is 31.7 Å². The van der Waals surface area contributed by atoms with E-state index in [2.05, 4.69) is 16.7 Å². The maximum absolute atomic E-state index is 9.04. The molecule has 4 nitrogen and oxygen atoms in total. The minimum absolute atomic E-state index is 0. The molecule has 1 aromatic rings. The van der Waals surface area contributed by atoms with Crippen LogP contribution in [0.1, 0.15) is 31.4 Å². The second-order valence-electron chi connectivity index (χ2n) is 4.40. The van der Waals surface area contributed by atoms with Crippen molar-refractivity contribution in [2.45, 2.75) is 33.4 Å². The fourth-order valence-electron chi connectivity index (χ4n) is 1.76. The molecule has 0 amide bonds. The molecule has 0 radical (unpaired) electrons. The summed E-state index contributed by atoms with van der Waals surface area (Å²) >= 11 is 0. The molecule has 0 heterocycles. The fraction of sp³-hybridized carbons (Fsp3) is 0.600. The van der Waals surface area contributed by atoms with Crippen LogP contribution in [0.3, 0.4) is 0 Å². The first-order valence-corrected chi connectivity index (χ1v) is 6.67. The van der Waals surface area contributed by atoms with Gasteiger partial charge in [-0.05, 0) is 50.1 Å². The van der Waals surface area contributed by atoms with Gasteiger partial charge in [-0.3, -0.25) is 0 Å². The SMILES string of the molecule is C.NCCCNCCCNCc1cccc(CO)c1. The summed E-state index contributed by atoms with van der Waals surface area (Å²) in [6, 6.07) is 8.03. The van der Waals surface area contributed by atoms with E-state index in [-0.39, 0.29) is 14.0 Å². The molecule has 0 saturated heterocycles. The first kappa shape index (κ1) is 18.1. The van der Waals surface area contributed by atoms with Crippen LogP contribution >= 0.6 is 0 Å². The van der Waals surface area contributed by atoms with Gasteiger partial charge in [0.1, 0.15) is 0 Å². The Bertz CT molecular complexity index is 318. The molecule has 5 N–H and O–H groups in total. The summed E-state index contributed by atoms with van der Waals surface area (Å²) in [6.45, 7) is 4.76. The van der Waals surface area contributed by atoms with Crippen LogP contribution in [-0.4, -0.2) is 31.3 Å². The predicted molar refractivity (Wildman–Crippen MR) is 82.0 cm³/mol. The number of rotatable bonds is 10. The van der Waals surface area contributed by atoms with E-state index in [1.807, 2.05) is 18.2 Å². The van der Waals surface area contributed by atoms with Crippen LogP contribution < -0.4 is 16.4 Å². The summed E-state index contributed by atoms with van der Waals surface area (Å²) in [6.07, 6.45) is 2.16. The molecule has 1 rings (SSSR count). The number of hydrogen-bond donors (Lipinski definition) is 4. The molecule has 0 aliphatic heterocycles. The monoisotopic (exact) mass is 267 g/mol. The standard InChI is InChI=1S/C14H25N3O.CH4/c15-6-2-7-16-8-3-9-17-11-13-4-1-5-14(10-13)12-18;/h1,4-5,10,16-18H,2-3,6-9,11-12,15H2;1H4. The Balaban J connectivity index is 0.00000324. The summed E-state index contributed by atoms with van der Waals surface area (Å²) in [5, 5.41) is 15.8. The van der Waals surface area contributed by atoms with Crippen LogP contribution in [-0.2, 0) is 13.2 Å². The van der Waals surface area contributed by atoms with E-state index in [0.29, 0.717) is 0 Å². The van der Waals surface area contributed by atoms with Crippen molar-refractivity contribution in [2.75, 3.05) is 26.2 Å². The van der Waals surface area contributed by atoms with Crippen molar-refractivity contribution in [3.8, 4) is 0 Å². The van der Waals surface area contributed by atoms with E-state index in [0.717, 1.165) is 51.1 Å². The van der Waals surface area contributed by atoms with Gasteiger partial charge in [0.05, 0.1) is 6.61 Å². The smallest absolute Gasteiger partial charge is 0.0681 e. The molecule has 0 bridgehead atoms. The second kappa shape index (κ2) is 12.1. The molecule has 0 aliphatic carbocycles. The van der Waals surface area contributed by atoms with E-state index in [4.69, 9.17) is 10.8 Å². The van der Waals surface area contributed by atoms with Gasteiger partial charge in [-0.15, -0.1) is 0 Å². The lowest BCUT2D eigenvalue weighted by Gasteiger charge is -2.07. The number of aliphatic hydroxyl groups is 1. The summed E-state index contributed by atoms with van der Waals surface area (Å²) in [5.74, 6) is 0. The normalized spacial score (nSPS) is 10.2. The number of nitrogens with one attached hydrogen (secondary N) is 2. The molecule has 0 saturated carbocycles. The van der Waals surface area contributed by atoms with Gasteiger partial charge in [0.25, 0.3) is 0 Å². The summed E-state index contributed by atoms with van der Waals surface area (Å²) < 4.78 is 0. The number of aliphatic hydroxyl groups excluding tert-OH is 1. The molecule has 1 aromatic carbocycles. The average Bonchev–Trinajstić information content (AvgIpc) is 2.42. The highest BCUT2D eigenvalue weighted by molar-refractivity contribution is 5.22. The maximum Gasteiger partial charge on any atom is 0.0681 e. The molecule has 19 heavy (non-hydrogen) atoms. The molecule has 0 atom stereocenters. The van der Waals surface area contributed by atoms with Crippen LogP contribution in [0.4, 0.5) is 0 Å². The number of hydrogen-bond acceptors (Lipinski definition) is 4. The van der Waals surface area contributed by atoms with Gasteiger partial charge in [0.15, 0.2) is 0 Å². The number of nitrogens with two attached hydrogens (primary N) is 1. The molecular weight excluding hydrogens is 238 g/mol. The molecule has 0 unspecified atom stereocenters. The molecule has 0 spiro atoms. The minimum Gasteiger partial charge on any atom is -0.392 e. The predicted octanol–water partition coefficient (Wildman–Crippen LogP) is 1.23. The van der Waals surface area contributed by atoms with E-state index in [1.165, 1.54) is 5.56 Å². The molecular formula is C15H29N3O. The lowest BCUT2D eigenvalue weighted by atomic mass is 10.1. The molecule has 0 aliphatic rings. The molecule has 4 heteroatoms. The third-order valence-corrected chi connectivity index (χ3v) is 2.77. The van der Waals surface area contributed by atoms with Gasteiger partial charge < -0.3 is 21.5 Å². The van der Waals surface area contributed by atoms with E-state index < -0.39 is 0 Å². The Kier molecular flexibility index (Phi) is 11.5. The van der Waals surface area contributed by atoms with Crippen LogP contribution in [0.15, 0.2) is 24.3 Å². The first-order valence-electron chi connectivity index (χ1n) is 6.67. The summed E-state index contributed by atoms with van der Waals surface area (Å²) in [4.78, 5) is 0. The summed E-state index contributed by atoms with van der Waals surface area (Å²) in [7, 11) is 0. The van der Waals surface area contributed by atoms with Crippen molar-refractivity contribution in [3.63, 3.8) is 0 Å². The molecule has 110 valence electrons. The molecule has 0 fully saturated rings. The van der Waals surface area contributed by atoms with Crippen molar-refractivity contribution >= 4 is 0 Å². The van der Waals surface area contributed by atoms with Crippen molar-refractivity contribution in [1.29, 1.82) is 0 Å². The quantitative estimate of drug-likeness (QED) is 0.481. The highest BCUT2D eigenvalue weighted by Crippen LogP contribution is 2.04. The van der Waals surface area contributed by atoms with Crippen molar-refractivity contribution in [1.82, 2.24) is 10.6 Å².